The van der Waals surface area contributed by atoms with Crippen LogP contribution in [0.3, 0.4) is 0 Å². The predicted octanol–water partition coefficient (Wildman–Crippen LogP) is 2.31. The molecule has 1 N–H and O–H groups in total. The largest absolute Gasteiger partial charge is 0.385 e. The summed E-state index contributed by atoms with van der Waals surface area (Å²) >= 11 is 1.76. The van der Waals surface area contributed by atoms with Crippen molar-refractivity contribution in [2.45, 2.75) is 25.8 Å². The molecule has 0 aliphatic carbocycles. The Morgan fingerprint density at radius 3 is 3.07 bits per heavy atom. The van der Waals surface area contributed by atoms with Gasteiger partial charge in [0.25, 0.3) is 0 Å². The molecule has 2 nitrogen and oxygen atoms in total. The summed E-state index contributed by atoms with van der Waals surface area (Å²) in [7, 11) is 1.75. The summed E-state index contributed by atoms with van der Waals surface area (Å²) in [6, 6.07) is 2.74. The highest BCUT2D eigenvalue weighted by Gasteiger charge is 2.00. The second-order valence-corrected chi connectivity index (χ2v) is 4.30. The van der Waals surface area contributed by atoms with Gasteiger partial charge in [0, 0.05) is 19.8 Å². The predicted molar refractivity (Wildman–Crippen MR) is 62.0 cm³/mol. The van der Waals surface area contributed by atoms with Gasteiger partial charge < -0.3 is 10.1 Å². The molecule has 0 spiro atoms. The smallest absolute Gasteiger partial charge is 0.0476 e. The lowest BCUT2D eigenvalue weighted by molar-refractivity contribution is 0.185. The summed E-state index contributed by atoms with van der Waals surface area (Å²) in [5.41, 5.74) is 1.43. The molecule has 0 amide bonds. The monoisotopic (exact) mass is 213 g/mol. The van der Waals surface area contributed by atoms with Crippen molar-refractivity contribution in [3.63, 3.8) is 0 Å². The third-order valence-corrected chi connectivity index (χ3v) is 2.97. The Bertz CT molecular complexity index is 223. The minimum atomic E-state index is 0.550. The Kier molecular flexibility index (Phi) is 5.83. The van der Waals surface area contributed by atoms with Gasteiger partial charge in [-0.15, -0.1) is 0 Å². The summed E-state index contributed by atoms with van der Waals surface area (Å²) in [5.74, 6) is 0. The topological polar surface area (TPSA) is 21.3 Å². The first-order valence-corrected chi connectivity index (χ1v) is 6.00. The second-order valence-electron chi connectivity index (χ2n) is 3.52. The van der Waals surface area contributed by atoms with E-state index in [-0.39, 0.29) is 0 Å². The van der Waals surface area contributed by atoms with Gasteiger partial charge in [-0.05, 0) is 48.7 Å². The molecule has 80 valence electrons. The Morgan fingerprint density at radius 1 is 1.57 bits per heavy atom. The van der Waals surface area contributed by atoms with Crippen LogP contribution >= 0.6 is 11.3 Å². The highest BCUT2D eigenvalue weighted by molar-refractivity contribution is 7.07. The Balaban J connectivity index is 2.03. The van der Waals surface area contributed by atoms with E-state index >= 15 is 0 Å². The summed E-state index contributed by atoms with van der Waals surface area (Å²) in [6.07, 6.45) is 2.21. The van der Waals surface area contributed by atoms with E-state index in [1.807, 2.05) is 0 Å². The normalized spacial score (nSPS) is 13.0. The SMILES string of the molecule is COCCC(C)NCCc1ccsc1. The molecule has 0 saturated carbocycles. The van der Waals surface area contributed by atoms with Gasteiger partial charge in [-0.1, -0.05) is 0 Å². The summed E-state index contributed by atoms with van der Waals surface area (Å²) in [6.45, 7) is 4.10. The third-order valence-electron chi connectivity index (χ3n) is 2.24. The number of methoxy groups -OCH3 is 1. The number of nitrogens with one attached hydrogen (secondary N) is 1. The van der Waals surface area contributed by atoms with Gasteiger partial charge in [0.05, 0.1) is 0 Å². The van der Waals surface area contributed by atoms with E-state index in [0.717, 1.165) is 26.0 Å². The fourth-order valence-corrected chi connectivity index (χ4v) is 2.00. The first-order chi connectivity index (χ1) is 6.83. The highest BCUT2D eigenvalue weighted by atomic mass is 32.1. The van der Waals surface area contributed by atoms with Crippen LogP contribution in [-0.2, 0) is 11.2 Å². The molecule has 1 rings (SSSR count). The van der Waals surface area contributed by atoms with Gasteiger partial charge in [0.1, 0.15) is 0 Å². The summed E-state index contributed by atoms with van der Waals surface area (Å²) in [5, 5.41) is 7.82. The number of thiophene rings is 1. The maximum absolute atomic E-state index is 5.03. The van der Waals surface area contributed by atoms with Crippen LogP contribution < -0.4 is 5.32 Å². The molecule has 1 unspecified atom stereocenters. The molecule has 1 aromatic rings. The Labute approximate surface area is 90.3 Å². The van der Waals surface area contributed by atoms with Crippen molar-refractivity contribution >= 4 is 11.3 Å². The molecule has 3 heteroatoms. The van der Waals surface area contributed by atoms with E-state index in [9.17, 15) is 0 Å². The highest BCUT2D eigenvalue weighted by Crippen LogP contribution is 2.05. The molecule has 0 bridgehead atoms. The zero-order chi connectivity index (χ0) is 10.2. The maximum atomic E-state index is 5.03. The van der Waals surface area contributed by atoms with E-state index in [0.29, 0.717) is 6.04 Å². The minimum absolute atomic E-state index is 0.550. The van der Waals surface area contributed by atoms with E-state index in [2.05, 4.69) is 29.1 Å². The van der Waals surface area contributed by atoms with E-state index in [1.165, 1.54) is 5.56 Å². The van der Waals surface area contributed by atoms with Gasteiger partial charge in [-0.25, -0.2) is 0 Å². The third kappa shape index (κ3) is 4.74. The number of rotatable bonds is 7. The number of hydrogen-bond donors (Lipinski definition) is 1. The Morgan fingerprint density at radius 2 is 2.43 bits per heavy atom. The van der Waals surface area contributed by atoms with Crippen LogP contribution in [0.1, 0.15) is 18.9 Å². The number of ether oxygens (including phenoxy) is 1. The molecule has 0 radical (unpaired) electrons. The van der Waals surface area contributed by atoms with E-state index < -0.39 is 0 Å². The van der Waals surface area contributed by atoms with Gasteiger partial charge in [-0.2, -0.15) is 11.3 Å². The lowest BCUT2D eigenvalue weighted by atomic mass is 10.2. The zero-order valence-electron chi connectivity index (χ0n) is 8.95. The second kappa shape index (κ2) is 6.98. The quantitative estimate of drug-likeness (QED) is 0.750. The maximum Gasteiger partial charge on any atom is 0.0476 e. The van der Waals surface area contributed by atoms with Crippen LogP contribution in [0.4, 0.5) is 0 Å². The molecule has 0 fully saturated rings. The van der Waals surface area contributed by atoms with Crippen molar-refractivity contribution < 1.29 is 4.74 Å². The fraction of sp³-hybridized carbons (Fsp3) is 0.636. The molecular weight excluding hydrogens is 194 g/mol. The molecule has 1 heterocycles. The molecule has 0 aliphatic heterocycles. The van der Waals surface area contributed by atoms with Gasteiger partial charge in [0.2, 0.25) is 0 Å². The van der Waals surface area contributed by atoms with Crippen molar-refractivity contribution in [3.05, 3.63) is 22.4 Å². The van der Waals surface area contributed by atoms with Crippen molar-refractivity contribution in [2.24, 2.45) is 0 Å². The van der Waals surface area contributed by atoms with Crippen LogP contribution in [0.5, 0.6) is 0 Å². The number of hydrogen-bond acceptors (Lipinski definition) is 3. The van der Waals surface area contributed by atoms with Crippen molar-refractivity contribution in [3.8, 4) is 0 Å². The van der Waals surface area contributed by atoms with Crippen LogP contribution in [0.25, 0.3) is 0 Å². The minimum Gasteiger partial charge on any atom is -0.385 e. The van der Waals surface area contributed by atoms with Crippen molar-refractivity contribution in [1.82, 2.24) is 5.32 Å². The zero-order valence-corrected chi connectivity index (χ0v) is 9.77. The lowest BCUT2D eigenvalue weighted by Crippen LogP contribution is -2.29. The molecule has 0 aliphatic rings. The first kappa shape index (κ1) is 11.7. The van der Waals surface area contributed by atoms with Crippen LogP contribution in [0, 0.1) is 0 Å². The first-order valence-electron chi connectivity index (χ1n) is 5.06. The molecule has 1 aromatic heterocycles. The molecular formula is C11H19NOS. The molecule has 14 heavy (non-hydrogen) atoms. The lowest BCUT2D eigenvalue weighted by Gasteiger charge is -2.12. The van der Waals surface area contributed by atoms with Gasteiger partial charge in [-0.3, -0.25) is 0 Å². The average molecular weight is 213 g/mol. The van der Waals surface area contributed by atoms with Crippen LogP contribution in [0.15, 0.2) is 16.8 Å². The fourth-order valence-electron chi connectivity index (χ4n) is 1.29. The van der Waals surface area contributed by atoms with Gasteiger partial charge >= 0.3 is 0 Å². The summed E-state index contributed by atoms with van der Waals surface area (Å²) in [4.78, 5) is 0. The van der Waals surface area contributed by atoms with Crippen molar-refractivity contribution in [2.75, 3.05) is 20.3 Å². The van der Waals surface area contributed by atoms with Crippen LogP contribution in [0.2, 0.25) is 0 Å². The molecule has 1 atom stereocenters. The molecule has 0 aromatic carbocycles. The van der Waals surface area contributed by atoms with Crippen molar-refractivity contribution in [1.29, 1.82) is 0 Å². The van der Waals surface area contributed by atoms with Gasteiger partial charge in [0.15, 0.2) is 0 Å². The standard InChI is InChI=1S/C11H19NOS/c1-10(4-7-13-2)12-6-3-11-5-8-14-9-11/h5,8-10,12H,3-4,6-7H2,1-2H3. The average Bonchev–Trinajstić information content (AvgIpc) is 2.67. The van der Waals surface area contributed by atoms with E-state index in [4.69, 9.17) is 4.74 Å². The molecule has 0 saturated heterocycles. The van der Waals surface area contributed by atoms with Crippen LogP contribution in [-0.4, -0.2) is 26.3 Å². The summed E-state index contributed by atoms with van der Waals surface area (Å²) < 4.78 is 5.03. The van der Waals surface area contributed by atoms with E-state index in [1.54, 1.807) is 18.4 Å². The Hall–Kier alpha value is -0.380.